The van der Waals surface area contributed by atoms with E-state index in [1.54, 1.807) is 0 Å². The van der Waals surface area contributed by atoms with E-state index < -0.39 is 0 Å². The summed E-state index contributed by atoms with van der Waals surface area (Å²) in [6.45, 7) is 4.88. The van der Waals surface area contributed by atoms with E-state index in [0.717, 1.165) is 12.2 Å². The number of ether oxygens (including phenoxy) is 1. The monoisotopic (exact) mass is 243 g/mol. The zero-order valence-corrected chi connectivity index (χ0v) is 10.9. The molecule has 1 unspecified atom stereocenters. The molecule has 0 fully saturated rings. The van der Waals surface area contributed by atoms with Gasteiger partial charge in [-0.2, -0.15) is 0 Å². The predicted molar refractivity (Wildman–Crippen MR) is 71.3 cm³/mol. The molecule has 3 heteroatoms. The fourth-order valence-corrected chi connectivity index (χ4v) is 1.57. The third-order valence-corrected chi connectivity index (χ3v) is 2.49. The second-order valence-corrected chi connectivity index (χ2v) is 3.75. The standard InChI is InChI=1S/C13H21NO.ClH/c1-3-5-6-13(14)11-7-9-12(10-8-11)15-4-2;/h7-10,13H,3-6,14H2,1-2H3;1H. The van der Waals surface area contributed by atoms with Crippen LogP contribution in [0.2, 0.25) is 0 Å². The van der Waals surface area contributed by atoms with Gasteiger partial charge in [-0.1, -0.05) is 31.9 Å². The molecule has 1 atom stereocenters. The first kappa shape index (κ1) is 15.3. The summed E-state index contributed by atoms with van der Waals surface area (Å²) in [7, 11) is 0. The van der Waals surface area contributed by atoms with Crippen LogP contribution in [0.15, 0.2) is 24.3 Å². The van der Waals surface area contributed by atoms with Crippen LogP contribution < -0.4 is 10.5 Å². The lowest BCUT2D eigenvalue weighted by Crippen LogP contribution is -2.09. The Kier molecular flexibility index (Phi) is 8.04. The van der Waals surface area contributed by atoms with E-state index in [4.69, 9.17) is 10.5 Å². The Morgan fingerprint density at radius 1 is 1.19 bits per heavy atom. The van der Waals surface area contributed by atoms with Crippen molar-refractivity contribution in [1.29, 1.82) is 0 Å². The van der Waals surface area contributed by atoms with Crippen LogP contribution in [0.3, 0.4) is 0 Å². The summed E-state index contributed by atoms with van der Waals surface area (Å²) in [4.78, 5) is 0. The molecule has 0 aliphatic carbocycles. The summed E-state index contributed by atoms with van der Waals surface area (Å²) < 4.78 is 5.38. The second-order valence-electron chi connectivity index (χ2n) is 3.75. The smallest absolute Gasteiger partial charge is 0.119 e. The molecule has 0 spiro atoms. The molecular weight excluding hydrogens is 222 g/mol. The minimum atomic E-state index is 0. The lowest BCUT2D eigenvalue weighted by molar-refractivity contribution is 0.340. The van der Waals surface area contributed by atoms with Gasteiger partial charge in [-0.05, 0) is 31.0 Å². The first-order valence-electron chi connectivity index (χ1n) is 5.76. The zero-order chi connectivity index (χ0) is 11.1. The van der Waals surface area contributed by atoms with E-state index >= 15 is 0 Å². The molecular formula is C13H22ClNO. The second kappa shape index (κ2) is 8.43. The molecule has 2 N–H and O–H groups in total. The first-order valence-corrected chi connectivity index (χ1v) is 5.76. The quantitative estimate of drug-likeness (QED) is 0.827. The average molecular weight is 244 g/mol. The number of nitrogens with two attached hydrogens (primary N) is 1. The Balaban J connectivity index is 0.00000225. The number of unbranched alkanes of at least 4 members (excludes halogenated alkanes) is 1. The zero-order valence-electron chi connectivity index (χ0n) is 10.1. The molecule has 0 saturated carbocycles. The van der Waals surface area contributed by atoms with Crippen molar-refractivity contribution in [2.45, 2.75) is 39.2 Å². The van der Waals surface area contributed by atoms with Crippen molar-refractivity contribution < 1.29 is 4.74 Å². The predicted octanol–water partition coefficient (Wildman–Crippen LogP) is 3.70. The molecule has 0 radical (unpaired) electrons. The molecule has 2 nitrogen and oxygen atoms in total. The SMILES string of the molecule is CCCCC(N)c1ccc(OCC)cc1.Cl. The van der Waals surface area contributed by atoms with Crippen molar-refractivity contribution in [1.82, 2.24) is 0 Å². The van der Waals surface area contributed by atoms with E-state index in [-0.39, 0.29) is 18.4 Å². The molecule has 0 amide bonds. The number of rotatable bonds is 6. The molecule has 0 bridgehead atoms. The largest absolute Gasteiger partial charge is 0.494 e. The van der Waals surface area contributed by atoms with Gasteiger partial charge in [0.1, 0.15) is 5.75 Å². The highest BCUT2D eigenvalue weighted by atomic mass is 35.5. The number of halogens is 1. The lowest BCUT2D eigenvalue weighted by atomic mass is 10.0. The van der Waals surface area contributed by atoms with Crippen molar-refractivity contribution in [3.05, 3.63) is 29.8 Å². The summed E-state index contributed by atoms with van der Waals surface area (Å²) in [5, 5.41) is 0. The number of hydrogen-bond acceptors (Lipinski definition) is 2. The molecule has 1 aromatic carbocycles. The average Bonchev–Trinajstić information content (AvgIpc) is 2.27. The summed E-state index contributed by atoms with van der Waals surface area (Å²) in [6, 6.07) is 8.27. The van der Waals surface area contributed by atoms with Crippen molar-refractivity contribution in [3.8, 4) is 5.75 Å². The number of benzene rings is 1. The van der Waals surface area contributed by atoms with Crippen LogP contribution >= 0.6 is 12.4 Å². The van der Waals surface area contributed by atoms with Gasteiger partial charge in [-0.3, -0.25) is 0 Å². The minimum Gasteiger partial charge on any atom is -0.494 e. The summed E-state index contributed by atoms with van der Waals surface area (Å²) in [5.41, 5.74) is 7.27. The summed E-state index contributed by atoms with van der Waals surface area (Å²) in [6.07, 6.45) is 3.45. The van der Waals surface area contributed by atoms with Crippen molar-refractivity contribution >= 4 is 12.4 Å². The third-order valence-electron chi connectivity index (χ3n) is 2.49. The normalized spacial score (nSPS) is 11.7. The van der Waals surface area contributed by atoms with E-state index in [2.05, 4.69) is 19.1 Å². The van der Waals surface area contributed by atoms with E-state index in [1.165, 1.54) is 18.4 Å². The first-order chi connectivity index (χ1) is 7.27. The molecule has 0 aliphatic rings. The Hall–Kier alpha value is -0.730. The van der Waals surface area contributed by atoms with Crippen LogP contribution in [0.25, 0.3) is 0 Å². The highest BCUT2D eigenvalue weighted by Gasteiger charge is 2.04. The van der Waals surface area contributed by atoms with E-state index in [1.807, 2.05) is 19.1 Å². The highest BCUT2D eigenvalue weighted by molar-refractivity contribution is 5.85. The maximum atomic E-state index is 6.06. The van der Waals surface area contributed by atoms with Crippen LogP contribution in [-0.4, -0.2) is 6.61 Å². The lowest BCUT2D eigenvalue weighted by Gasteiger charge is -2.12. The van der Waals surface area contributed by atoms with E-state index in [9.17, 15) is 0 Å². The molecule has 0 aromatic heterocycles. The Labute approximate surface area is 105 Å². The van der Waals surface area contributed by atoms with Crippen LogP contribution in [0.5, 0.6) is 5.75 Å². The third kappa shape index (κ3) is 4.86. The minimum absolute atomic E-state index is 0. The fourth-order valence-electron chi connectivity index (χ4n) is 1.57. The van der Waals surface area contributed by atoms with Gasteiger partial charge in [0, 0.05) is 6.04 Å². The van der Waals surface area contributed by atoms with Gasteiger partial charge >= 0.3 is 0 Å². The molecule has 0 heterocycles. The highest BCUT2D eigenvalue weighted by Crippen LogP contribution is 2.19. The van der Waals surface area contributed by atoms with Crippen molar-refractivity contribution in [2.24, 2.45) is 5.73 Å². The number of hydrogen-bond donors (Lipinski definition) is 1. The van der Waals surface area contributed by atoms with E-state index in [0.29, 0.717) is 6.61 Å². The van der Waals surface area contributed by atoms with Gasteiger partial charge in [-0.25, -0.2) is 0 Å². The van der Waals surface area contributed by atoms with Crippen LogP contribution in [0, 0.1) is 0 Å². The van der Waals surface area contributed by atoms with Gasteiger partial charge in [0.2, 0.25) is 0 Å². The Morgan fingerprint density at radius 2 is 1.81 bits per heavy atom. The van der Waals surface area contributed by atoms with Gasteiger partial charge in [0.25, 0.3) is 0 Å². The molecule has 0 saturated heterocycles. The molecule has 16 heavy (non-hydrogen) atoms. The van der Waals surface area contributed by atoms with Gasteiger partial charge in [-0.15, -0.1) is 12.4 Å². The molecule has 92 valence electrons. The topological polar surface area (TPSA) is 35.2 Å². The maximum absolute atomic E-state index is 6.06. The van der Waals surface area contributed by atoms with Crippen molar-refractivity contribution in [2.75, 3.05) is 6.61 Å². The van der Waals surface area contributed by atoms with Gasteiger partial charge in [0.05, 0.1) is 6.61 Å². The molecule has 1 aromatic rings. The van der Waals surface area contributed by atoms with Crippen LogP contribution in [0.4, 0.5) is 0 Å². The fraction of sp³-hybridized carbons (Fsp3) is 0.538. The summed E-state index contributed by atoms with van der Waals surface area (Å²) >= 11 is 0. The molecule has 1 rings (SSSR count). The Morgan fingerprint density at radius 3 is 2.31 bits per heavy atom. The van der Waals surface area contributed by atoms with Gasteiger partial charge < -0.3 is 10.5 Å². The van der Waals surface area contributed by atoms with Gasteiger partial charge in [0.15, 0.2) is 0 Å². The maximum Gasteiger partial charge on any atom is 0.119 e. The summed E-state index contributed by atoms with van der Waals surface area (Å²) in [5.74, 6) is 0.920. The molecule has 0 aliphatic heterocycles. The van der Waals surface area contributed by atoms with Crippen LogP contribution in [-0.2, 0) is 0 Å². The van der Waals surface area contributed by atoms with Crippen molar-refractivity contribution in [3.63, 3.8) is 0 Å². The Bertz CT molecular complexity index is 274. The van der Waals surface area contributed by atoms with Crippen LogP contribution in [0.1, 0.15) is 44.7 Å².